The van der Waals surface area contributed by atoms with E-state index in [1.807, 2.05) is 6.92 Å². The van der Waals surface area contributed by atoms with Crippen LogP contribution >= 0.6 is 23.1 Å². The first kappa shape index (κ1) is 14.7. The second-order valence-corrected chi connectivity index (χ2v) is 6.09. The lowest BCUT2D eigenvalue weighted by molar-refractivity contribution is -0.118. The Bertz CT molecular complexity index is 592. The smallest absolute Gasteiger partial charge is 0.264 e. The average Bonchev–Trinajstić information content (AvgIpc) is 2.84. The van der Waals surface area contributed by atoms with Crippen molar-refractivity contribution in [2.45, 2.75) is 11.3 Å². The molecule has 8 heteroatoms. The molecule has 0 bridgehead atoms. The fraction of sp³-hybridized carbons (Fsp3) is 0.250. The lowest BCUT2D eigenvalue weighted by Gasteiger charge is -2.05. The summed E-state index contributed by atoms with van der Waals surface area (Å²) in [6.45, 7) is 1.80. The fourth-order valence-corrected chi connectivity index (χ4v) is 2.97. The van der Waals surface area contributed by atoms with Crippen molar-refractivity contribution in [3.05, 3.63) is 30.1 Å². The normalized spacial score (nSPS) is 10.3. The summed E-state index contributed by atoms with van der Waals surface area (Å²) in [5, 5.41) is 10.8. The molecule has 2 aromatic rings. The molecule has 5 nitrogen and oxygen atoms in total. The molecule has 1 amide bonds. The van der Waals surface area contributed by atoms with Crippen molar-refractivity contribution < 1.29 is 13.9 Å². The van der Waals surface area contributed by atoms with Crippen LogP contribution in [0.5, 0.6) is 5.75 Å². The summed E-state index contributed by atoms with van der Waals surface area (Å²) < 4.78 is 18.9. The number of hydrogen-bond acceptors (Lipinski definition) is 6. The van der Waals surface area contributed by atoms with Crippen molar-refractivity contribution in [2.24, 2.45) is 0 Å². The third-order valence-electron chi connectivity index (χ3n) is 2.09. The molecule has 0 radical (unpaired) electrons. The molecular weight excluding hydrogens is 301 g/mol. The number of thioether (sulfide) groups is 1. The van der Waals surface area contributed by atoms with E-state index >= 15 is 0 Å². The third-order valence-corrected chi connectivity index (χ3v) is 3.94. The van der Waals surface area contributed by atoms with E-state index in [9.17, 15) is 9.18 Å². The van der Waals surface area contributed by atoms with E-state index in [1.165, 1.54) is 29.5 Å². The fourth-order valence-electron chi connectivity index (χ4n) is 1.30. The maximum Gasteiger partial charge on any atom is 0.264 e. The molecule has 0 spiro atoms. The summed E-state index contributed by atoms with van der Waals surface area (Å²) in [7, 11) is 0. The van der Waals surface area contributed by atoms with Gasteiger partial charge >= 0.3 is 0 Å². The SMILES string of the molecule is CCSc1nnc(NC(=O)COc2cccc(F)c2)s1. The minimum absolute atomic E-state index is 0.209. The molecule has 0 saturated heterocycles. The van der Waals surface area contributed by atoms with Gasteiger partial charge < -0.3 is 4.74 Å². The van der Waals surface area contributed by atoms with Crippen molar-refractivity contribution in [1.82, 2.24) is 10.2 Å². The second-order valence-electron chi connectivity index (χ2n) is 3.60. The number of nitrogens with zero attached hydrogens (tertiary/aromatic N) is 2. The van der Waals surface area contributed by atoms with E-state index in [-0.39, 0.29) is 12.5 Å². The number of carbonyl (C=O) groups is 1. The monoisotopic (exact) mass is 313 g/mol. The van der Waals surface area contributed by atoms with E-state index < -0.39 is 5.82 Å². The molecule has 20 heavy (non-hydrogen) atoms. The summed E-state index contributed by atoms with van der Waals surface area (Å²) in [6, 6.07) is 5.62. The van der Waals surface area contributed by atoms with Gasteiger partial charge in [-0.2, -0.15) is 0 Å². The van der Waals surface area contributed by atoms with Crippen LogP contribution in [0.3, 0.4) is 0 Å². The lowest BCUT2D eigenvalue weighted by Crippen LogP contribution is -2.20. The number of benzene rings is 1. The van der Waals surface area contributed by atoms with Crippen LogP contribution < -0.4 is 10.1 Å². The number of aromatic nitrogens is 2. The topological polar surface area (TPSA) is 64.1 Å². The first-order chi connectivity index (χ1) is 9.67. The standard InChI is InChI=1S/C12H12FN3O2S2/c1-2-19-12-16-15-11(20-12)14-10(17)7-18-9-5-3-4-8(13)6-9/h3-6H,2,7H2,1H3,(H,14,15,17). The van der Waals surface area contributed by atoms with Gasteiger partial charge in [0.25, 0.3) is 5.91 Å². The molecule has 0 aliphatic carbocycles. The zero-order chi connectivity index (χ0) is 14.4. The number of amides is 1. The molecular formula is C12H12FN3O2S2. The highest BCUT2D eigenvalue weighted by Gasteiger charge is 2.09. The number of anilines is 1. The third kappa shape index (κ3) is 4.46. The molecule has 0 aliphatic heterocycles. The van der Waals surface area contributed by atoms with E-state index in [2.05, 4.69) is 15.5 Å². The quantitative estimate of drug-likeness (QED) is 0.656. The molecule has 0 unspecified atom stereocenters. The molecule has 1 aromatic carbocycles. The Balaban J connectivity index is 1.82. The van der Waals surface area contributed by atoms with E-state index in [0.717, 1.165) is 10.1 Å². The van der Waals surface area contributed by atoms with Crippen LogP contribution in [0.25, 0.3) is 0 Å². The van der Waals surface area contributed by atoms with E-state index in [1.54, 1.807) is 17.8 Å². The Morgan fingerprint density at radius 3 is 3.10 bits per heavy atom. The van der Waals surface area contributed by atoms with Gasteiger partial charge in [-0.1, -0.05) is 36.1 Å². The summed E-state index contributed by atoms with van der Waals surface area (Å²) in [5.74, 6) is 0.428. The van der Waals surface area contributed by atoms with Crippen molar-refractivity contribution in [3.63, 3.8) is 0 Å². The predicted octanol–water partition coefficient (Wildman–Crippen LogP) is 2.81. The molecule has 1 heterocycles. The van der Waals surface area contributed by atoms with Crippen LogP contribution in [-0.4, -0.2) is 28.5 Å². The Morgan fingerprint density at radius 2 is 2.35 bits per heavy atom. The Kier molecular flexibility index (Phi) is 5.31. The highest BCUT2D eigenvalue weighted by molar-refractivity contribution is 8.01. The van der Waals surface area contributed by atoms with Gasteiger partial charge in [-0.15, -0.1) is 10.2 Å². The summed E-state index contributed by atoms with van der Waals surface area (Å²) in [6.07, 6.45) is 0. The molecule has 0 atom stereocenters. The molecule has 2 rings (SSSR count). The van der Waals surface area contributed by atoms with Gasteiger partial charge in [-0.25, -0.2) is 4.39 Å². The number of carbonyl (C=O) groups excluding carboxylic acids is 1. The number of nitrogens with one attached hydrogen (secondary N) is 1. The molecule has 1 N–H and O–H groups in total. The lowest BCUT2D eigenvalue weighted by atomic mass is 10.3. The minimum Gasteiger partial charge on any atom is -0.484 e. The van der Waals surface area contributed by atoms with Crippen molar-refractivity contribution >= 4 is 34.1 Å². The van der Waals surface area contributed by atoms with Gasteiger partial charge in [-0.05, 0) is 17.9 Å². The van der Waals surface area contributed by atoms with Gasteiger partial charge in [0, 0.05) is 6.07 Å². The first-order valence-corrected chi connectivity index (χ1v) is 7.62. The van der Waals surface area contributed by atoms with Crippen LogP contribution in [0, 0.1) is 5.82 Å². The highest BCUT2D eigenvalue weighted by Crippen LogP contribution is 2.24. The second kappa shape index (κ2) is 7.20. The zero-order valence-electron chi connectivity index (χ0n) is 10.6. The largest absolute Gasteiger partial charge is 0.484 e. The van der Waals surface area contributed by atoms with Gasteiger partial charge in [0.05, 0.1) is 0 Å². The minimum atomic E-state index is -0.409. The Morgan fingerprint density at radius 1 is 1.50 bits per heavy atom. The molecule has 0 fully saturated rings. The average molecular weight is 313 g/mol. The highest BCUT2D eigenvalue weighted by atomic mass is 32.2. The molecule has 1 aromatic heterocycles. The van der Waals surface area contributed by atoms with Crippen molar-refractivity contribution in [3.8, 4) is 5.75 Å². The van der Waals surface area contributed by atoms with Crippen LogP contribution in [0.1, 0.15) is 6.92 Å². The summed E-state index contributed by atoms with van der Waals surface area (Å²) >= 11 is 2.86. The maximum atomic E-state index is 12.9. The number of rotatable bonds is 6. The van der Waals surface area contributed by atoms with Crippen LogP contribution in [-0.2, 0) is 4.79 Å². The van der Waals surface area contributed by atoms with Crippen LogP contribution in [0.15, 0.2) is 28.6 Å². The molecule has 0 saturated carbocycles. The molecule has 0 aliphatic rings. The summed E-state index contributed by atoms with van der Waals surface area (Å²) in [5.41, 5.74) is 0. The van der Waals surface area contributed by atoms with Crippen LogP contribution in [0.2, 0.25) is 0 Å². The van der Waals surface area contributed by atoms with Gasteiger partial charge in [0.15, 0.2) is 10.9 Å². The predicted molar refractivity (Wildman–Crippen MR) is 76.8 cm³/mol. The van der Waals surface area contributed by atoms with Gasteiger partial charge in [-0.3, -0.25) is 10.1 Å². The van der Waals surface area contributed by atoms with E-state index in [0.29, 0.717) is 10.9 Å². The molecule has 106 valence electrons. The Labute approximate surface area is 123 Å². The van der Waals surface area contributed by atoms with Crippen molar-refractivity contribution in [2.75, 3.05) is 17.7 Å². The van der Waals surface area contributed by atoms with E-state index in [4.69, 9.17) is 4.74 Å². The van der Waals surface area contributed by atoms with Crippen LogP contribution in [0.4, 0.5) is 9.52 Å². The van der Waals surface area contributed by atoms with Crippen molar-refractivity contribution in [1.29, 1.82) is 0 Å². The number of halogens is 1. The van der Waals surface area contributed by atoms with Gasteiger partial charge in [0.2, 0.25) is 5.13 Å². The number of hydrogen-bond donors (Lipinski definition) is 1. The van der Waals surface area contributed by atoms with Gasteiger partial charge in [0.1, 0.15) is 11.6 Å². The summed E-state index contributed by atoms with van der Waals surface area (Å²) in [4.78, 5) is 11.6. The zero-order valence-corrected chi connectivity index (χ0v) is 12.3. The maximum absolute atomic E-state index is 12.9. The number of ether oxygens (including phenoxy) is 1. The first-order valence-electron chi connectivity index (χ1n) is 5.82. The Hall–Kier alpha value is -1.67.